The van der Waals surface area contributed by atoms with E-state index in [1.807, 2.05) is 24.7 Å². The second kappa shape index (κ2) is 8.39. The van der Waals surface area contributed by atoms with Crippen LogP contribution >= 0.6 is 12.4 Å². The predicted octanol–water partition coefficient (Wildman–Crippen LogP) is 2.62. The van der Waals surface area contributed by atoms with Gasteiger partial charge in [-0.15, -0.1) is 12.4 Å². The Kier molecular flexibility index (Phi) is 6.16. The van der Waals surface area contributed by atoms with Crippen molar-refractivity contribution < 1.29 is 9.32 Å². The van der Waals surface area contributed by atoms with Gasteiger partial charge in [0.25, 0.3) is 5.91 Å². The maximum atomic E-state index is 12.7. The summed E-state index contributed by atoms with van der Waals surface area (Å²) in [5.41, 5.74) is 0.420. The third-order valence-corrected chi connectivity index (χ3v) is 5.11. The molecule has 1 saturated heterocycles. The van der Waals surface area contributed by atoms with Gasteiger partial charge in [-0.25, -0.2) is 0 Å². The fourth-order valence-electron chi connectivity index (χ4n) is 3.33. The van der Waals surface area contributed by atoms with Crippen LogP contribution in [0.15, 0.2) is 16.8 Å². The van der Waals surface area contributed by atoms with Crippen LogP contribution in [0.3, 0.4) is 0 Å². The van der Waals surface area contributed by atoms with E-state index >= 15 is 0 Å². The normalized spacial score (nSPS) is 20.9. The molecule has 2 fully saturated rings. The molecule has 1 aliphatic carbocycles. The van der Waals surface area contributed by atoms with Crippen molar-refractivity contribution in [3.63, 3.8) is 0 Å². The summed E-state index contributed by atoms with van der Waals surface area (Å²) < 4.78 is 7.31. The van der Waals surface area contributed by atoms with Gasteiger partial charge in [-0.3, -0.25) is 9.48 Å². The highest BCUT2D eigenvalue weighted by Crippen LogP contribution is 2.38. The molecule has 0 aromatic carbocycles. The molecule has 2 aliphatic rings. The van der Waals surface area contributed by atoms with Gasteiger partial charge in [0.05, 0.1) is 6.04 Å². The van der Waals surface area contributed by atoms with Crippen molar-refractivity contribution in [2.75, 3.05) is 13.1 Å². The van der Waals surface area contributed by atoms with Gasteiger partial charge in [0.2, 0.25) is 5.89 Å². The molecule has 3 heterocycles. The van der Waals surface area contributed by atoms with Crippen molar-refractivity contribution in [1.29, 1.82) is 0 Å². The summed E-state index contributed by atoms with van der Waals surface area (Å²) in [5, 5.41) is 14.9. The number of amides is 1. The van der Waals surface area contributed by atoms with Crippen molar-refractivity contribution in [2.45, 2.75) is 57.5 Å². The van der Waals surface area contributed by atoms with Gasteiger partial charge in [-0.05, 0) is 44.2 Å². The molecule has 0 bridgehead atoms. The standard InChI is InChI=1S/C18H26N6O2.ClH/c1-11(2)15(18-21-16(23-26-18)12-5-6-12)20-17(25)14-7-9-24(22-14)13-4-3-8-19-10-13;/h7,9,11-13,15,19H,3-6,8,10H2,1-2H3,(H,20,25);1H. The van der Waals surface area contributed by atoms with Crippen LogP contribution in [-0.2, 0) is 0 Å². The van der Waals surface area contributed by atoms with Crippen molar-refractivity contribution in [3.8, 4) is 0 Å². The monoisotopic (exact) mass is 394 g/mol. The van der Waals surface area contributed by atoms with E-state index in [4.69, 9.17) is 4.52 Å². The highest BCUT2D eigenvalue weighted by Gasteiger charge is 2.32. The lowest BCUT2D eigenvalue weighted by atomic mass is 10.0. The maximum absolute atomic E-state index is 12.7. The van der Waals surface area contributed by atoms with Gasteiger partial charge >= 0.3 is 0 Å². The van der Waals surface area contributed by atoms with Gasteiger partial charge in [0.15, 0.2) is 5.82 Å². The van der Waals surface area contributed by atoms with Crippen LogP contribution in [0.5, 0.6) is 0 Å². The molecule has 9 heteroatoms. The lowest BCUT2D eigenvalue weighted by Crippen LogP contribution is -2.33. The van der Waals surface area contributed by atoms with Crippen LogP contribution in [0.1, 0.15) is 79.7 Å². The van der Waals surface area contributed by atoms with Gasteiger partial charge in [-0.2, -0.15) is 10.1 Å². The Bertz CT molecular complexity index is 763. The van der Waals surface area contributed by atoms with Gasteiger partial charge in [0, 0.05) is 18.7 Å². The summed E-state index contributed by atoms with van der Waals surface area (Å²) in [6.45, 7) is 5.99. The Balaban J connectivity index is 0.00000210. The van der Waals surface area contributed by atoms with Crippen LogP contribution in [0.2, 0.25) is 0 Å². The van der Waals surface area contributed by atoms with E-state index in [1.54, 1.807) is 6.07 Å². The highest BCUT2D eigenvalue weighted by atomic mass is 35.5. The Morgan fingerprint density at radius 3 is 2.85 bits per heavy atom. The van der Waals surface area contributed by atoms with Gasteiger partial charge in [0.1, 0.15) is 11.7 Å². The minimum Gasteiger partial charge on any atom is -0.339 e. The highest BCUT2D eigenvalue weighted by molar-refractivity contribution is 5.92. The van der Waals surface area contributed by atoms with E-state index in [0.29, 0.717) is 23.5 Å². The summed E-state index contributed by atoms with van der Waals surface area (Å²) in [5.74, 6) is 1.59. The molecule has 148 valence electrons. The minimum atomic E-state index is -0.316. The summed E-state index contributed by atoms with van der Waals surface area (Å²) in [6.07, 6.45) is 6.32. The Morgan fingerprint density at radius 2 is 2.19 bits per heavy atom. The number of nitrogens with zero attached hydrogens (tertiary/aromatic N) is 4. The van der Waals surface area contributed by atoms with Crippen LogP contribution in [-0.4, -0.2) is 38.9 Å². The predicted molar refractivity (Wildman–Crippen MR) is 102 cm³/mol. The third kappa shape index (κ3) is 4.50. The van der Waals surface area contributed by atoms with Gasteiger partial charge in [-0.1, -0.05) is 19.0 Å². The number of carbonyl (C=O) groups excluding carboxylic acids is 1. The molecule has 1 saturated carbocycles. The molecular formula is C18H27ClN6O2. The SMILES string of the molecule is CC(C)C(NC(=O)c1ccn(C2CCCNC2)n1)c1nc(C2CC2)no1.Cl. The zero-order valence-electron chi connectivity index (χ0n) is 15.7. The smallest absolute Gasteiger partial charge is 0.272 e. The fraction of sp³-hybridized carbons (Fsp3) is 0.667. The average molecular weight is 395 g/mol. The molecule has 2 N–H and O–H groups in total. The van der Waals surface area contributed by atoms with Crippen LogP contribution < -0.4 is 10.6 Å². The number of aromatic nitrogens is 4. The van der Waals surface area contributed by atoms with Crippen molar-refractivity contribution in [2.24, 2.45) is 5.92 Å². The third-order valence-electron chi connectivity index (χ3n) is 5.11. The molecule has 2 aromatic heterocycles. The van der Waals surface area contributed by atoms with Crippen molar-refractivity contribution in [1.82, 2.24) is 30.6 Å². The molecule has 4 rings (SSSR count). The van der Waals surface area contributed by atoms with E-state index in [1.165, 1.54) is 0 Å². The molecule has 2 unspecified atom stereocenters. The van der Waals surface area contributed by atoms with E-state index in [-0.39, 0.29) is 30.3 Å². The number of hydrogen-bond donors (Lipinski definition) is 2. The topological polar surface area (TPSA) is 97.9 Å². The minimum absolute atomic E-state index is 0. The number of rotatable bonds is 6. The average Bonchev–Trinajstić information content (AvgIpc) is 3.19. The molecule has 27 heavy (non-hydrogen) atoms. The Morgan fingerprint density at radius 1 is 1.37 bits per heavy atom. The van der Waals surface area contributed by atoms with E-state index in [9.17, 15) is 4.79 Å². The molecule has 8 nitrogen and oxygen atoms in total. The molecular weight excluding hydrogens is 368 g/mol. The summed E-state index contributed by atoms with van der Waals surface area (Å²) in [4.78, 5) is 17.2. The Labute approximate surface area is 164 Å². The molecule has 1 amide bonds. The first-order valence-corrected chi connectivity index (χ1v) is 9.52. The molecule has 2 aromatic rings. The maximum Gasteiger partial charge on any atom is 0.272 e. The summed E-state index contributed by atoms with van der Waals surface area (Å²) >= 11 is 0. The summed E-state index contributed by atoms with van der Waals surface area (Å²) in [7, 11) is 0. The number of piperidine rings is 1. The number of carbonyl (C=O) groups is 1. The van der Waals surface area contributed by atoms with E-state index in [2.05, 4.69) is 25.9 Å². The molecule has 0 radical (unpaired) electrons. The molecule has 0 spiro atoms. The first-order valence-electron chi connectivity index (χ1n) is 9.52. The van der Waals surface area contributed by atoms with Crippen LogP contribution in [0.25, 0.3) is 0 Å². The second-order valence-corrected chi connectivity index (χ2v) is 7.64. The van der Waals surface area contributed by atoms with E-state index in [0.717, 1.165) is 44.6 Å². The fourth-order valence-corrected chi connectivity index (χ4v) is 3.33. The zero-order valence-corrected chi connectivity index (χ0v) is 16.5. The lowest BCUT2D eigenvalue weighted by molar-refractivity contribution is 0.0907. The quantitative estimate of drug-likeness (QED) is 0.781. The van der Waals surface area contributed by atoms with Crippen molar-refractivity contribution >= 4 is 18.3 Å². The molecule has 1 aliphatic heterocycles. The Hall–Kier alpha value is -1.93. The largest absolute Gasteiger partial charge is 0.339 e. The van der Waals surface area contributed by atoms with E-state index < -0.39 is 0 Å². The number of hydrogen-bond acceptors (Lipinski definition) is 6. The first-order chi connectivity index (χ1) is 12.6. The lowest BCUT2D eigenvalue weighted by Gasteiger charge is -2.23. The zero-order chi connectivity index (χ0) is 18.1. The molecule has 2 atom stereocenters. The number of halogens is 1. The van der Waals surface area contributed by atoms with Gasteiger partial charge < -0.3 is 15.2 Å². The first kappa shape index (κ1) is 19.8. The van der Waals surface area contributed by atoms with Crippen LogP contribution in [0, 0.1) is 5.92 Å². The van der Waals surface area contributed by atoms with Crippen molar-refractivity contribution in [3.05, 3.63) is 29.7 Å². The summed E-state index contributed by atoms with van der Waals surface area (Å²) in [6, 6.07) is 1.76. The number of nitrogens with one attached hydrogen (secondary N) is 2. The van der Waals surface area contributed by atoms with Crippen LogP contribution in [0.4, 0.5) is 0 Å². The second-order valence-electron chi connectivity index (χ2n) is 7.64.